The fourth-order valence-electron chi connectivity index (χ4n) is 3.14. The van der Waals surface area contributed by atoms with Crippen molar-refractivity contribution in [3.05, 3.63) is 35.7 Å². The second-order valence-electron chi connectivity index (χ2n) is 8.72. The first-order valence-electron chi connectivity index (χ1n) is 10.0. The van der Waals surface area contributed by atoms with Gasteiger partial charge in [-0.3, -0.25) is 4.79 Å². The molecule has 3 heterocycles. The highest BCUT2D eigenvalue weighted by atomic mass is 16.5. The lowest BCUT2D eigenvalue weighted by atomic mass is 9.92. The van der Waals surface area contributed by atoms with Crippen molar-refractivity contribution < 1.29 is 9.53 Å². The second-order valence-corrected chi connectivity index (χ2v) is 8.72. The highest BCUT2D eigenvalue weighted by molar-refractivity contribution is 5.92. The number of rotatable bonds is 5. The van der Waals surface area contributed by atoms with Crippen LogP contribution in [0.2, 0.25) is 0 Å². The van der Waals surface area contributed by atoms with E-state index < -0.39 is 0 Å². The van der Waals surface area contributed by atoms with Gasteiger partial charge >= 0.3 is 0 Å². The summed E-state index contributed by atoms with van der Waals surface area (Å²) in [5.74, 6) is 1.61. The van der Waals surface area contributed by atoms with Crippen LogP contribution in [0, 0.1) is 5.92 Å². The molecule has 3 rings (SSSR count). The first kappa shape index (κ1) is 21.0. The van der Waals surface area contributed by atoms with Crippen molar-refractivity contribution in [2.24, 2.45) is 5.92 Å². The molecule has 2 aromatic heterocycles. The third kappa shape index (κ3) is 5.40. The minimum absolute atomic E-state index is 0.0257. The maximum absolute atomic E-state index is 12.6. The maximum Gasteiger partial charge on any atom is 0.274 e. The van der Waals surface area contributed by atoms with Gasteiger partial charge in [0.25, 0.3) is 5.91 Å². The predicted molar refractivity (Wildman–Crippen MR) is 111 cm³/mol. The van der Waals surface area contributed by atoms with Gasteiger partial charge in [-0.1, -0.05) is 20.8 Å². The highest BCUT2D eigenvalue weighted by Crippen LogP contribution is 2.22. The van der Waals surface area contributed by atoms with Gasteiger partial charge in [0.15, 0.2) is 11.5 Å². The van der Waals surface area contributed by atoms with Gasteiger partial charge in [0.2, 0.25) is 5.88 Å². The Labute approximate surface area is 172 Å². The lowest BCUT2D eigenvalue weighted by molar-refractivity contribution is 0.0652. The molecule has 1 amide bonds. The van der Waals surface area contributed by atoms with Gasteiger partial charge in [-0.2, -0.15) is 5.10 Å². The van der Waals surface area contributed by atoms with Crippen LogP contribution in [0.25, 0.3) is 0 Å². The summed E-state index contributed by atoms with van der Waals surface area (Å²) in [7, 11) is 3.78. The van der Waals surface area contributed by atoms with E-state index in [1.54, 1.807) is 6.07 Å². The first-order valence-corrected chi connectivity index (χ1v) is 10.0. The van der Waals surface area contributed by atoms with Crippen molar-refractivity contribution in [3.63, 3.8) is 0 Å². The van der Waals surface area contributed by atoms with Crippen molar-refractivity contribution in [2.75, 3.05) is 38.7 Å². The van der Waals surface area contributed by atoms with E-state index in [0.29, 0.717) is 37.2 Å². The second kappa shape index (κ2) is 8.71. The Morgan fingerprint density at radius 1 is 1.07 bits per heavy atom. The quantitative estimate of drug-likeness (QED) is 0.765. The molecule has 0 saturated carbocycles. The third-order valence-corrected chi connectivity index (χ3v) is 5.10. The number of piperidine rings is 1. The Morgan fingerprint density at radius 2 is 1.79 bits per heavy atom. The minimum Gasteiger partial charge on any atom is -0.476 e. The monoisotopic (exact) mass is 398 g/mol. The van der Waals surface area contributed by atoms with Crippen LogP contribution in [0.4, 0.5) is 5.82 Å². The van der Waals surface area contributed by atoms with Crippen molar-refractivity contribution in [1.29, 1.82) is 0 Å². The molecular weight excluding hydrogens is 368 g/mol. The van der Waals surface area contributed by atoms with Crippen LogP contribution in [0.5, 0.6) is 5.88 Å². The molecule has 29 heavy (non-hydrogen) atoms. The number of anilines is 1. The Morgan fingerprint density at radius 3 is 2.31 bits per heavy atom. The number of carbonyl (C=O) groups excluding carboxylic acids is 1. The van der Waals surface area contributed by atoms with Crippen LogP contribution in [0.1, 0.15) is 49.8 Å². The van der Waals surface area contributed by atoms with Gasteiger partial charge in [0.05, 0.1) is 12.3 Å². The van der Waals surface area contributed by atoms with Crippen LogP contribution in [0.3, 0.4) is 0 Å². The van der Waals surface area contributed by atoms with E-state index in [-0.39, 0.29) is 11.3 Å². The zero-order valence-corrected chi connectivity index (χ0v) is 17.9. The molecule has 0 aromatic carbocycles. The minimum atomic E-state index is -0.0641. The molecule has 0 spiro atoms. The number of aromatic nitrogens is 4. The fourth-order valence-corrected chi connectivity index (χ4v) is 3.14. The van der Waals surface area contributed by atoms with E-state index >= 15 is 0 Å². The molecule has 0 radical (unpaired) electrons. The molecule has 1 saturated heterocycles. The fraction of sp³-hybridized carbons (Fsp3) is 0.571. The van der Waals surface area contributed by atoms with Crippen LogP contribution in [-0.4, -0.2) is 65.0 Å². The summed E-state index contributed by atoms with van der Waals surface area (Å²) in [5, 5.41) is 16.6. The Hall–Kier alpha value is -2.77. The summed E-state index contributed by atoms with van der Waals surface area (Å²) in [5.41, 5.74) is 1.31. The van der Waals surface area contributed by atoms with Crippen molar-refractivity contribution in [2.45, 2.75) is 39.0 Å². The van der Waals surface area contributed by atoms with Gasteiger partial charge in [0, 0.05) is 38.7 Å². The molecule has 156 valence electrons. The molecule has 1 aliphatic heterocycles. The van der Waals surface area contributed by atoms with Crippen LogP contribution < -0.4 is 9.64 Å². The summed E-state index contributed by atoms with van der Waals surface area (Å²) in [6, 6.07) is 7.39. The van der Waals surface area contributed by atoms with Crippen molar-refractivity contribution >= 4 is 11.7 Å². The molecule has 1 fully saturated rings. The van der Waals surface area contributed by atoms with E-state index in [4.69, 9.17) is 4.74 Å². The van der Waals surface area contributed by atoms with Gasteiger partial charge < -0.3 is 14.5 Å². The number of hydrogen-bond acceptors (Lipinski definition) is 7. The number of amides is 1. The molecule has 0 bridgehead atoms. The van der Waals surface area contributed by atoms with Gasteiger partial charge in [0.1, 0.15) is 0 Å². The van der Waals surface area contributed by atoms with E-state index in [1.165, 1.54) is 0 Å². The summed E-state index contributed by atoms with van der Waals surface area (Å²) in [4.78, 5) is 16.3. The maximum atomic E-state index is 12.6. The number of likely N-dealkylation sites (tertiary alicyclic amines) is 1. The molecule has 0 N–H and O–H groups in total. The van der Waals surface area contributed by atoms with Crippen LogP contribution >= 0.6 is 0 Å². The largest absolute Gasteiger partial charge is 0.476 e. The van der Waals surface area contributed by atoms with Crippen molar-refractivity contribution in [3.8, 4) is 5.88 Å². The number of ether oxygens (including phenoxy) is 1. The Kier molecular flexibility index (Phi) is 6.30. The molecule has 0 unspecified atom stereocenters. The standard InChI is InChI=1S/C21H30N6O2/c1-21(2,3)17-7-9-19(25-23-17)29-14-15-10-12-27(13-11-15)20(28)16-6-8-18(24-22-16)26(4)5/h6-9,15H,10-14H2,1-5H3. The smallest absolute Gasteiger partial charge is 0.274 e. The third-order valence-electron chi connectivity index (χ3n) is 5.10. The molecule has 8 heteroatoms. The molecule has 8 nitrogen and oxygen atoms in total. The SMILES string of the molecule is CN(C)c1ccc(C(=O)N2CCC(COc3ccc(C(C)(C)C)nn3)CC2)nn1. The zero-order valence-electron chi connectivity index (χ0n) is 17.9. The number of nitrogens with zero attached hydrogens (tertiary/aromatic N) is 6. The predicted octanol–water partition coefficient (Wildman–Crippen LogP) is 2.56. The van der Waals surface area contributed by atoms with Crippen LogP contribution in [-0.2, 0) is 5.41 Å². The normalized spacial score (nSPS) is 15.3. The molecular formula is C21H30N6O2. The summed E-state index contributed by atoms with van der Waals surface area (Å²) in [6.45, 7) is 8.29. The summed E-state index contributed by atoms with van der Waals surface area (Å²) in [6.07, 6.45) is 1.78. The van der Waals surface area contributed by atoms with E-state index in [9.17, 15) is 4.79 Å². The Balaban J connectivity index is 1.47. The molecule has 0 aliphatic carbocycles. The van der Waals surface area contributed by atoms with E-state index in [2.05, 4.69) is 41.2 Å². The van der Waals surface area contributed by atoms with Crippen LogP contribution in [0.15, 0.2) is 24.3 Å². The van der Waals surface area contributed by atoms with Crippen molar-refractivity contribution in [1.82, 2.24) is 25.3 Å². The van der Waals surface area contributed by atoms with Gasteiger partial charge in [-0.25, -0.2) is 0 Å². The van der Waals surface area contributed by atoms with E-state index in [1.807, 2.05) is 42.1 Å². The number of hydrogen-bond donors (Lipinski definition) is 0. The lowest BCUT2D eigenvalue weighted by Gasteiger charge is -2.31. The summed E-state index contributed by atoms with van der Waals surface area (Å²) < 4.78 is 5.83. The summed E-state index contributed by atoms with van der Waals surface area (Å²) >= 11 is 0. The first-order chi connectivity index (χ1) is 13.7. The highest BCUT2D eigenvalue weighted by Gasteiger charge is 2.25. The Bertz CT molecular complexity index is 807. The van der Waals surface area contributed by atoms with Gasteiger partial charge in [-0.05, 0) is 37.0 Å². The zero-order chi connectivity index (χ0) is 21.0. The topological polar surface area (TPSA) is 84.3 Å². The molecule has 2 aromatic rings. The number of carbonyl (C=O) groups is 1. The lowest BCUT2D eigenvalue weighted by Crippen LogP contribution is -2.40. The van der Waals surface area contributed by atoms with Gasteiger partial charge in [-0.15, -0.1) is 15.3 Å². The molecule has 1 aliphatic rings. The molecule has 0 atom stereocenters. The average molecular weight is 399 g/mol. The van der Waals surface area contributed by atoms with E-state index in [0.717, 1.165) is 24.4 Å². The average Bonchev–Trinajstić information content (AvgIpc) is 2.72.